The number of amides is 2. The number of rotatable bonds is 10. The summed E-state index contributed by atoms with van der Waals surface area (Å²) in [6.45, 7) is 1.90. The Morgan fingerprint density at radius 1 is 0.612 bits per heavy atom. The van der Waals surface area contributed by atoms with Crippen LogP contribution in [0.2, 0.25) is 10.0 Å². The Kier molecular flexibility index (Phi) is 12.5. The number of fused-ring (bicyclic) bond motifs is 2. The van der Waals surface area contributed by atoms with Crippen molar-refractivity contribution in [1.82, 2.24) is 39.7 Å². The minimum atomic E-state index is -0.656. The van der Waals surface area contributed by atoms with Crippen molar-refractivity contribution in [1.29, 1.82) is 0 Å². The van der Waals surface area contributed by atoms with Crippen LogP contribution in [0.1, 0.15) is 26.4 Å². The highest BCUT2D eigenvalue weighted by molar-refractivity contribution is 6.31. The first-order valence-corrected chi connectivity index (χ1v) is 20.9. The van der Waals surface area contributed by atoms with Gasteiger partial charge in [0.1, 0.15) is 41.0 Å². The lowest BCUT2D eigenvalue weighted by Crippen LogP contribution is -2.12. The number of halogens is 4. The van der Waals surface area contributed by atoms with E-state index < -0.39 is 23.4 Å². The predicted molar refractivity (Wildman–Crippen MR) is 250 cm³/mol. The molecule has 18 heteroatoms. The van der Waals surface area contributed by atoms with Gasteiger partial charge in [0, 0.05) is 64.7 Å². The SMILES string of the molecule is Cc1cn(-c2cnc3ccc(Oc4cccc(NC(=O)c5ccc(Cl)c(F)c5)c4)cc3n2)cn1.O=C(Nc1cccc(Oc2ccc3ncc(-c4cn[nH]c4)nc3c2)c1)c1ccc(Cl)c(F)c1. The first-order valence-electron chi connectivity index (χ1n) is 20.1. The molecule has 330 valence electrons. The number of nitrogens with one attached hydrogen (secondary N) is 3. The smallest absolute Gasteiger partial charge is 0.255 e. The fraction of sp³-hybridized carbons (Fsp3) is 0.0204. The van der Waals surface area contributed by atoms with E-state index in [0.717, 1.165) is 34.4 Å². The maximum absolute atomic E-state index is 13.7. The van der Waals surface area contributed by atoms with E-state index in [1.165, 1.54) is 24.3 Å². The standard InChI is InChI=1S/C25H17ClFN5O2.C24H15ClFN5O2/c1-15-13-32(14-29-15)24-12-28-22-8-6-19(11-23(22)31-24)34-18-4-2-3-17(10-18)30-25(33)16-5-7-20(26)21(27)9-16;25-19-6-4-14(8-20(19)26)24(32)30-16-2-1-3-17(9-16)33-18-5-7-21-22(10-18)31-23(13-27-21)15-11-28-29-12-15/h2-14H,1H3,(H,30,33);1-13H,(H,28,29)(H,30,32). The first kappa shape index (κ1) is 43.6. The Morgan fingerprint density at radius 3 is 1.69 bits per heavy atom. The van der Waals surface area contributed by atoms with Crippen LogP contribution in [0, 0.1) is 18.6 Å². The molecular formula is C49H32Cl2F2N10O4. The number of hydrogen-bond donors (Lipinski definition) is 3. The number of carbonyl (C=O) groups excluding carboxylic acids is 2. The molecule has 6 aromatic carbocycles. The van der Waals surface area contributed by atoms with Crippen LogP contribution in [0.15, 0.2) is 159 Å². The zero-order valence-corrected chi connectivity index (χ0v) is 36.3. The average Bonchev–Trinajstić information content (AvgIpc) is 4.04. The number of aryl methyl sites for hydroxylation is 1. The van der Waals surface area contributed by atoms with Gasteiger partial charge >= 0.3 is 0 Å². The van der Waals surface area contributed by atoms with Gasteiger partial charge in [-0.3, -0.25) is 29.2 Å². The van der Waals surface area contributed by atoms with Gasteiger partial charge in [0.25, 0.3) is 11.8 Å². The predicted octanol–water partition coefficient (Wildman–Crippen LogP) is 11.8. The van der Waals surface area contributed by atoms with Crippen molar-refractivity contribution < 1.29 is 27.8 Å². The number of aromatic amines is 1. The van der Waals surface area contributed by atoms with Crippen LogP contribution in [0.25, 0.3) is 39.1 Å². The molecule has 10 aromatic rings. The molecule has 4 aromatic heterocycles. The summed E-state index contributed by atoms with van der Waals surface area (Å²) in [4.78, 5) is 47.3. The van der Waals surface area contributed by atoms with Gasteiger partial charge in [-0.15, -0.1) is 0 Å². The van der Waals surface area contributed by atoms with Crippen LogP contribution in [0.3, 0.4) is 0 Å². The Hall–Kier alpha value is -8.60. The van der Waals surface area contributed by atoms with Crippen molar-refractivity contribution >= 4 is 68.5 Å². The molecule has 0 atom stereocenters. The molecule has 0 fully saturated rings. The van der Waals surface area contributed by atoms with Gasteiger partial charge in [0.15, 0.2) is 5.82 Å². The molecule has 2 amide bonds. The third kappa shape index (κ3) is 10.5. The van der Waals surface area contributed by atoms with E-state index >= 15 is 0 Å². The molecule has 0 aliphatic heterocycles. The topological polar surface area (TPSA) is 175 Å². The van der Waals surface area contributed by atoms with Gasteiger partial charge in [-0.1, -0.05) is 35.3 Å². The summed E-state index contributed by atoms with van der Waals surface area (Å²) in [5, 5.41) is 12.1. The third-order valence-corrected chi connectivity index (χ3v) is 10.4. The highest BCUT2D eigenvalue weighted by Gasteiger charge is 2.13. The Morgan fingerprint density at radius 2 is 1.16 bits per heavy atom. The summed E-state index contributed by atoms with van der Waals surface area (Å²) in [7, 11) is 0. The molecule has 67 heavy (non-hydrogen) atoms. The van der Waals surface area contributed by atoms with Crippen LogP contribution in [-0.2, 0) is 0 Å². The Labute approximate surface area is 389 Å². The fourth-order valence-electron chi connectivity index (χ4n) is 6.53. The molecule has 0 saturated carbocycles. The summed E-state index contributed by atoms with van der Waals surface area (Å²) in [6, 6.07) is 32.3. The largest absolute Gasteiger partial charge is 0.457 e. The molecule has 0 bridgehead atoms. The number of H-pyrrole nitrogens is 1. The number of aromatic nitrogens is 8. The molecule has 14 nitrogen and oxygen atoms in total. The van der Waals surface area contributed by atoms with Gasteiger partial charge in [-0.05, 0) is 91.9 Å². The Bertz CT molecular complexity index is 3460. The number of imidazole rings is 1. The van der Waals surface area contributed by atoms with E-state index in [1.54, 1.807) is 108 Å². The molecule has 0 saturated heterocycles. The van der Waals surface area contributed by atoms with Gasteiger partial charge in [0.2, 0.25) is 0 Å². The summed E-state index contributed by atoms with van der Waals surface area (Å²) in [6.07, 6.45) is 10.3. The lowest BCUT2D eigenvalue weighted by atomic mass is 10.2. The van der Waals surface area contributed by atoms with Crippen molar-refractivity contribution in [2.45, 2.75) is 6.92 Å². The minimum absolute atomic E-state index is 0.0423. The van der Waals surface area contributed by atoms with Gasteiger partial charge in [0.05, 0.1) is 62.1 Å². The van der Waals surface area contributed by atoms with E-state index in [1.807, 2.05) is 25.3 Å². The lowest BCUT2D eigenvalue weighted by molar-refractivity contribution is 0.101. The van der Waals surface area contributed by atoms with Gasteiger partial charge in [-0.25, -0.2) is 23.7 Å². The lowest BCUT2D eigenvalue weighted by Gasteiger charge is -2.10. The second-order valence-electron chi connectivity index (χ2n) is 14.6. The van der Waals surface area contributed by atoms with Gasteiger partial charge < -0.3 is 20.1 Å². The fourth-order valence-corrected chi connectivity index (χ4v) is 6.76. The summed E-state index contributed by atoms with van der Waals surface area (Å²) >= 11 is 11.4. The first-order chi connectivity index (χ1) is 32.5. The molecule has 4 heterocycles. The van der Waals surface area contributed by atoms with E-state index in [2.05, 4.69) is 45.8 Å². The third-order valence-electron chi connectivity index (χ3n) is 9.80. The number of nitrogens with zero attached hydrogens (tertiary/aromatic N) is 7. The number of hydrogen-bond acceptors (Lipinski definition) is 10. The summed E-state index contributed by atoms with van der Waals surface area (Å²) < 4.78 is 41.1. The van der Waals surface area contributed by atoms with Crippen LogP contribution < -0.4 is 20.1 Å². The molecule has 0 aliphatic rings. The average molecular weight is 934 g/mol. The van der Waals surface area contributed by atoms with E-state index in [9.17, 15) is 18.4 Å². The summed E-state index contributed by atoms with van der Waals surface area (Å²) in [5.74, 6) is 0.546. The normalized spacial score (nSPS) is 10.9. The molecule has 0 spiro atoms. The van der Waals surface area contributed by atoms with E-state index in [0.29, 0.717) is 56.9 Å². The second-order valence-corrected chi connectivity index (χ2v) is 15.4. The molecule has 0 aliphatic carbocycles. The van der Waals surface area contributed by atoms with Crippen LogP contribution in [0.4, 0.5) is 20.2 Å². The molecule has 10 rings (SSSR count). The van der Waals surface area contributed by atoms with E-state index in [4.69, 9.17) is 32.7 Å². The highest BCUT2D eigenvalue weighted by atomic mass is 35.5. The maximum atomic E-state index is 13.7. The number of anilines is 2. The zero-order valence-electron chi connectivity index (χ0n) is 34.8. The van der Waals surface area contributed by atoms with Crippen molar-refractivity contribution in [3.8, 4) is 40.1 Å². The van der Waals surface area contributed by atoms with E-state index in [-0.39, 0.29) is 21.2 Å². The minimum Gasteiger partial charge on any atom is -0.457 e. The quantitative estimate of drug-likeness (QED) is 0.120. The van der Waals surface area contributed by atoms with Crippen LogP contribution >= 0.6 is 23.2 Å². The van der Waals surface area contributed by atoms with Crippen molar-refractivity contribution in [3.05, 3.63) is 197 Å². The van der Waals surface area contributed by atoms with Crippen LogP contribution in [-0.4, -0.2) is 51.5 Å². The molecule has 3 N–H and O–H groups in total. The molecule has 0 unspecified atom stereocenters. The van der Waals surface area contributed by atoms with Crippen molar-refractivity contribution in [2.75, 3.05) is 10.6 Å². The molecule has 0 radical (unpaired) electrons. The monoisotopic (exact) mass is 932 g/mol. The number of benzene rings is 6. The zero-order chi connectivity index (χ0) is 46.4. The van der Waals surface area contributed by atoms with Crippen molar-refractivity contribution in [3.63, 3.8) is 0 Å². The summed E-state index contributed by atoms with van der Waals surface area (Å²) in [5.41, 5.74) is 6.50. The molecular weight excluding hydrogens is 902 g/mol. The maximum Gasteiger partial charge on any atom is 0.255 e. The number of ether oxygens (including phenoxy) is 2. The second kappa shape index (κ2) is 19.2. The van der Waals surface area contributed by atoms with Crippen LogP contribution in [0.5, 0.6) is 23.0 Å². The highest BCUT2D eigenvalue weighted by Crippen LogP contribution is 2.30. The van der Waals surface area contributed by atoms with Crippen molar-refractivity contribution in [2.24, 2.45) is 0 Å². The number of carbonyl (C=O) groups is 2. The van der Waals surface area contributed by atoms with Gasteiger partial charge in [-0.2, -0.15) is 5.10 Å². The Balaban J connectivity index is 0.000000168.